The van der Waals surface area contributed by atoms with E-state index in [1.54, 1.807) is 6.07 Å². The largest absolute Gasteiger partial charge is 0.293 e. The van der Waals surface area contributed by atoms with Gasteiger partial charge in [0, 0.05) is 5.56 Å². The molecule has 1 aromatic carbocycles. The zero-order chi connectivity index (χ0) is 9.64. The molecule has 13 heavy (non-hydrogen) atoms. The van der Waals surface area contributed by atoms with Gasteiger partial charge in [0.15, 0.2) is 15.6 Å². The molecule has 0 spiro atoms. The molecule has 0 amide bonds. The average Bonchev–Trinajstić information content (AvgIpc) is 2.22. The van der Waals surface area contributed by atoms with Crippen LogP contribution in [0.3, 0.4) is 0 Å². The molecule has 3 nitrogen and oxygen atoms in total. The highest BCUT2D eigenvalue weighted by molar-refractivity contribution is 7.92. The second-order valence-electron chi connectivity index (χ2n) is 3.01. The molecule has 67 valence electrons. The predicted molar refractivity (Wildman–Crippen MR) is 47.3 cm³/mol. The van der Waals surface area contributed by atoms with Crippen LogP contribution in [0.5, 0.6) is 0 Å². The summed E-state index contributed by atoms with van der Waals surface area (Å²) in [5.74, 6) is -0.730. The fourth-order valence-corrected chi connectivity index (χ4v) is 2.83. The molecule has 1 aliphatic rings. The van der Waals surface area contributed by atoms with Crippen molar-refractivity contribution in [2.24, 2.45) is 0 Å². The van der Waals surface area contributed by atoms with Crippen LogP contribution >= 0.6 is 0 Å². The van der Waals surface area contributed by atoms with Gasteiger partial charge >= 0.3 is 0 Å². The Morgan fingerprint density at radius 1 is 1.31 bits per heavy atom. The van der Waals surface area contributed by atoms with E-state index in [1.165, 1.54) is 12.1 Å². The topological polar surface area (TPSA) is 51.2 Å². The second-order valence-corrected chi connectivity index (χ2v) is 4.97. The van der Waals surface area contributed by atoms with Crippen LogP contribution in [0.25, 0.3) is 0 Å². The highest BCUT2D eigenvalue weighted by atomic mass is 32.2. The highest BCUT2D eigenvalue weighted by Crippen LogP contribution is 2.26. The molecule has 0 bridgehead atoms. The van der Waals surface area contributed by atoms with E-state index < -0.39 is 15.6 Å². The summed E-state index contributed by atoms with van der Waals surface area (Å²) in [7, 11) is -3.35. The number of carbonyl (C=O) groups is 1. The van der Waals surface area contributed by atoms with E-state index in [2.05, 4.69) is 6.92 Å². The van der Waals surface area contributed by atoms with Gasteiger partial charge < -0.3 is 0 Å². The molecule has 0 unspecified atom stereocenters. The van der Waals surface area contributed by atoms with Crippen LogP contribution in [0.2, 0.25) is 0 Å². The molecule has 1 aromatic rings. The van der Waals surface area contributed by atoms with Gasteiger partial charge in [0.1, 0.15) is 5.75 Å². The lowest BCUT2D eigenvalue weighted by Crippen LogP contribution is -2.03. The van der Waals surface area contributed by atoms with Gasteiger partial charge in [-0.15, -0.1) is 0 Å². The Kier molecular flexibility index (Phi) is 1.57. The predicted octanol–water partition coefficient (Wildman–Crippen LogP) is 0.839. The third kappa shape index (κ3) is 1.18. The summed E-state index contributed by atoms with van der Waals surface area (Å²) < 4.78 is 22.7. The van der Waals surface area contributed by atoms with Gasteiger partial charge in [0.25, 0.3) is 0 Å². The number of ketones is 1. The van der Waals surface area contributed by atoms with Crippen molar-refractivity contribution in [1.29, 1.82) is 0 Å². The minimum absolute atomic E-state index is 0.143. The molecule has 0 atom stereocenters. The Morgan fingerprint density at radius 2 is 2.00 bits per heavy atom. The summed E-state index contributed by atoms with van der Waals surface area (Å²) in [4.78, 5) is 11.4. The van der Waals surface area contributed by atoms with Crippen LogP contribution in [0, 0.1) is 6.92 Å². The van der Waals surface area contributed by atoms with Crippen LogP contribution < -0.4 is 0 Å². The van der Waals surface area contributed by atoms with E-state index in [0.29, 0.717) is 5.56 Å². The molecule has 0 N–H and O–H groups in total. The van der Waals surface area contributed by atoms with Crippen LogP contribution in [-0.4, -0.2) is 20.0 Å². The van der Waals surface area contributed by atoms with Crippen molar-refractivity contribution < 1.29 is 13.2 Å². The zero-order valence-electron chi connectivity index (χ0n) is 6.78. The second kappa shape index (κ2) is 2.42. The molecular formula is C9H7O3S. The summed E-state index contributed by atoms with van der Waals surface area (Å²) in [5, 5.41) is 0. The molecule has 1 radical (unpaired) electrons. The zero-order valence-corrected chi connectivity index (χ0v) is 7.60. The Bertz CT molecular complexity index is 486. The van der Waals surface area contributed by atoms with Crippen molar-refractivity contribution in [2.45, 2.75) is 4.90 Å². The SMILES string of the molecule is [CH2]c1ccc2c(c1)C(=O)CS2(=O)=O. The Balaban J connectivity index is 2.80. The fraction of sp³-hybridized carbons (Fsp3) is 0.111. The molecule has 1 aliphatic heterocycles. The van der Waals surface area contributed by atoms with Gasteiger partial charge in [-0.1, -0.05) is 6.07 Å². The summed E-state index contributed by atoms with van der Waals surface area (Å²) in [6.45, 7) is 3.63. The van der Waals surface area contributed by atoms with Crippen molar-refractivity contribution in [3.05, 3.63) is 36.2 Å². The van der Waals surface area contributed by atoms with Crippen molar-refractivity contribution in [2.75, 3.05) is 5.75 Å². The van der Waals surface area contributed by atoms with E-state index in [9.17, 15) is 13.2 Å². The molecule has 0 aromatic heterocycles. The van der Waals surface area contributed by atoms with Crippen LogP contribution in [0.1, 0.15) is 15.9 Å². The molecular weight excluding hydrogens is 188 g/mol. The van der Waals surface area contributed by atoms with Crippen LogP contribution in [0.4, 0.5) is 0 Å². The molecule has 0 saturated carbocycles. The Labute approximate surface area is 76.3 Å². The lowest BCUT2D eigenvalue weighted by molar-refractivity contribution is 0.102. The van der Waals surface area contributed by atoms with Crippen LogP contribution in [0.15, 0.2) is 23.1 Å². The number of Topliss-reactive ketones (excluding diaryl/α,β-unsaturated/α-hetero) is 1. The summed E-state index contributed by atoms with van der Waals surface area (Å²) >= 11 is 0. The first kappa shape index (κ1) is 8.44. The number of rotatable bonds is 0. The van der Waals surface area contributed by atoms with E-state index in [-0.39, 0.29) is 16.2 Å². The fourth-order valence-electron chi connectivity index (χ4n) is 1.39. The third-order valence-corrected chi connectivity index (χ3v) is 3.67. The average molecular weight is 195 g/mol. The van der Waals surface area contributed by atoms with Gasteiger partial charge in [-0.2, -0.15) is 0 Å². The van der Waals surface area contributed by atoms with E-state index >= 15 is 0 Å². The molecule has 0 fully saturated rings. The lowest BCUT2D eigenvalue weighted by atomic mass is 10.1. The smallest absolute Gasteiger partial charge is 0.186 e. The number of sulfone groups is 1. The van der Waals surface area contributed by atoms with Crippen LogP contribution in [-0.2, 0) is 9.84 Å². The summed E-state index contributed by atoms with van der Waals surface area (Å²) in [6, 6.07) is 4.55. The Morgan fingerprint density at radius 3 is 2.69 bits per heavy atom. The third-order valence-electron chi connectivity index (χ3n) is 2.00. The molecule has 0 aliphatic carbocycles. The maximum atomic E-state index is 11.3. The quantitative estimate of drug-likeness (QED) is 0.616. The number of benzene rings is 1. The minimum Gasteiger partial charge on any atom is -0.293 e. The van der Waals surface area contributed by atoms with Gasteiger partial charge in [-0.25, -0.2) is 8.42 Å². The van der Waals surface area contributed by atoms with Crippen molar-refractivity contribution in [1.82, 2.24) is 0 Å². The van der Waals surface area contributed by atoms with E-state index in [1.807, 2.05) is 0 Å². The molecule has 0 saturated heterocycles. The van der Waals surface area contributed by atoms with Crippen molar-refractivity contribution in [3.8, 4) is 0 Å². The number of fused-ring (bicyclic) bond motifs is 1. The van der Waals surface area contributed by atoms with Gasteiger partial charge in [0.2, 0.25) is 0 Å². The van der Waals surface area contributed by atoms with Gasteiger partial charge in [-0.05, 0) is 24.6 Å². The first-order valence-electron chi connectivity index (χ1n) is 3.73. The Hall–Kier alpha value is -1.16. The van der Waals surface area contributed by atoms with E-state index in [4.69, 9.17) is 0 Å². The monoisotopic (exact) mass is 195 g/mol. The summed E-state index contributed by atoms with van der Waals surface area (Å²) in [6.07, 6.45) is 0. The standard InChI is InChI=1S/C9H7O3S/c1-6-2-3-9-7(4-6)8(10)5-13(9,11)12/h2-4H,1,5H2. The number of hydrogen-bond donors (Lipinski definition) is 0. The highest BCUT2D eigenvalue weighted by Gasteiger charge is 2.32. The normalized spacial score (nSPS) is 18.7. The lowest BCUT2D eigenvalue weighted by Gasteiger charge is -1.96. The number of carbonyl (C=O) groups excluding carboxylic acids is 1. The van der Waals surface area contributed by atoms with Crippen molar-refractivity contribution in [3.63, 3.8) is 0 Å². The molecule has 1 heterocycles. The maximum absolute atomic E-state index is 11.3. The summed E-state index contributed by atoms with van der Waals surface area (Å²) in [5.41, 5.74) is 0.941. The van der Waals surface area contributed by atoms with Gasteiger partial charge in [0.05, 0.1) is 4.90 Å². The van der Waals surface area contributed by atoms with Crippen molar-refractivity contribution >= 4 is 15.6 Å². The van der Waals surface area contributed by atoms with Gasteiger partial charge in [-0.3, -0.25) is 4.79 Å². The molecule has 4 heteroatoms. The first-order chi connectivity index (χ1) is 6.00. The van der Waals surface area contributed by atoms with E-state index in [0.717, 1.165) is 0 Å². The number of hydrogen-bond acceptors (Lipinski definition) is 3. The molecule has 2 rings (SSSR count). The maximum Gasteiger partial charge on any atom is 0.186 e. The minimum atomic E-state index is -3.35. The first-order valence-corrected chi connectivity index (χ1v) is 5.38.